The number of aromatic nitrogens is 2. The number of thiophene rings is 1. The monoisotopic (exact) mass is 365 g/mol. The third-order valence-electron chi connectivity index (χ3n) is 3.94. The molecule has 0 bridgehead atoms. The van der Waals surface area contributed by atoms with Crippen LogP contribution < -0.4 is 0 Å². The van der Waals surface area contributed by atoms with Gasteiger partial charge in [-0.3, -0.25) is 4.79 Å². The average molecular weight is 365 g/mol. The Morgan fingerprint density at radius 3 is 3.12 bits per heavy atom. The zero-order valence-electron chi connectivity index (χ0n) is 13.4. The summed E-state index contributed by atoms with van der Waals surface area (Å²) in [5.74, 6) is -0.0738. The van der Waals surface area contributed by atoms with Gasteiger partial charge in [-0.1, -0.05) is 11.8 Å². The standard InChI is InChI=1S/C16H19N3O3S2/c1-2-22-16(21)12-5-3-4-7-19(12)13(20)9-24-15-11-6-8-23-14(11)17-10-18-15/h6,8,10,12H,2-5,7,9H2,1H3/t12-/m0/s1. The molecule has 1 saturated heterocycles. The van der Waals surface area contributed by atoms with Crippen molar-refractivity contribution in [3.8, 4) is 0 Å². The van der Waals surface area contributed by atoms with Crippen molar-refractivity contribution in [1.82, 2.24) is 14.9 Å². The first-order chi connectivity index (χ1) is 11.7. The second-order valence-electron chi connectivity index (χ2n) is 5.46. The van der Waals surface area contributed by atoms with E-state index in [1.165, 1.54) is 18.1 Å². The molecule has 0 aliphatic carbocycles. The number of nitrogens with zero attached hydrogens (tertiary/aromatic N) is 3. The molecule has 24 heavy (non-hydrogen) atoms. The lowest BCUT2D eigenvalue weighted by atomic mass is 10.0. The summed E-state index contributed by atoms with van der Waals surface area (Å²) in [6.07, 6.45) is 4.07. The highest BCUT2D eigenvalue weighted by Crippen LogP contribution is 2.28. The maximum atomic E-state index is 12.6. The molecule has 0 spiro atoms. The van der Waals surface area contributed by atoms with E-state index in [9.17, 15) is 9.59 Å². The molecule has 8 heteroatoms. The Morgan fingerprint density at radius 1 is 1.42 bits per heavy atom. The van der Waals surface area contributed by atoms with Gasteiger partial charge < -0.3 is 9.64 Å². The summed E-state index contributed by atoms with van der Waals surface area (Å²) in [5.41, 5.74) is 0. The number of fused-ring (bicyclic) bond motifs is 1. The van der Waals surface area contributed by atoms with Crippen LogP contribution >= 0.6 is 23.1 Å². The van der Waals surface area contributed by atoms with Crippen LogP contribution in [0.2, 0.25) is 0 Å². The van der Waals surface area contributed by atoms with Gasteiger partial charge in [0.15, 0.2) is 0 Å². The molecule has 3 heterocycles. The van der Waals surface area contributed by atoms with E-state index in [0.717, 1.165) is 28.1 Å². The fraction of sp³-hybridized carbons (Fsp3) is 0.500. The maximum Gasteiger partial charge on any atom is 0.328 e. The van der Waals surface area contributed by atoms with Crippen molar-refractivity contribution in [2.45, 2.75) is 37.3 Å². The highest BCUT2D eigenvalue weighted by molar-refractivity contribution is 8.00. The van der Waals surface area contributed by atoms with Crippen molar-refractivity contribution < 1.29 is 14.3 Å². The van der Waals surface area contributed by atoms with Gasteiger partial charge in [0.2, 0.25) is 5.91 Å². The summed E-state index contributed by atoms with van der Waals surface area (Å²) in [5, 5.41) is 3.74. The van der Waals surface area contributed by atoms with Crippen molar-refractivity contribution in [2.24, 2.45) is 0 Å². The molecular formula is C16H19N3O3S2. The second kappa shape index (κ2) is 7.94. The summed E-state index contributed by atoms with van der Waals surface area (Å²) < 4.78 is 5.11. The lowest BCUT2D eigenvalue weighted by Crippen LogP contribution is -2.49. The van der Waals surface area contributed by atoms with Crippen molar-refractivity contribution in [1.29, 1.82) is 0 Å². The molecule has 3 rings (SSSR count). The number of ether oxygens (including phenoxy) is 1. The summed E-state index contributed by atoms with van der Waals surface area (Å²) in [7, 11) is 0. The molecule has 1 aliphatic heterocycles. The largest absolute Gasteiger partial charge is 0.464 e. The van der Waals surface area contributed by atoms with Gasteiger partial charge >= 0.3 is 5.97 Å². The number of hydrogen-bond donors (Lipinski definition) is 0. The predicted molar refractivity (Wildman–Crippen MR) is 94.1 cm³/mol. The summed E-state index contributed by atoms with van der Waals surface area (Å²) in [6, 6.07) is 1.52. The Bertz CT molecular complexity index is 734. The normalized spacial score (nSPS) is 17.9. The number of carbonyl (C=O) groups excluding carboxylic acids is 2. The number of piperidine rings is 1. The van der Waals surface area contributed by atoms with Crippen molar-refractivity contribution in [2.75, 3.05) is 18.9 Å². The summed E-state index contributed by atoms with van der Waals surface area (Å²) >= 11 is 2.95. The fourth-order valence-electron chi connectivity index (χ4n) is 2.81. The SMILES string of the molecule is CCOC(=O)[C@@H]1CCCCN1C(=O)CSc1ncnc2sccc12. The summed E-state index contributed by atoms with van der Waals surface area (Å²) in [4.78, 5) is 35.8. The van der Waals surface area contributed by atoms with Crippen molar-refractivity contribution >= 4 is 45.2 Å². The van der Waals surface area contributed by atoms with Crippen LogP contribution in [0.5, 0.6) is 0 Å². The zero-order valence-corrected chi connectivity index (χ0v) is 15.1. The van der Waals surface area contributed by atoms with Crippen LogP contribution in [0.1, 0.15) is 26.2 Å². The van der Waals surface area contributed by atoms with Crippen LogP contribution in [-0.4, -0.2) is 51.7 Å². The van der Waals surface area contributed by atoms with Gasteiger partial charge in [0.25, 0.3) is 0 Å². The minimum absolute atomic E-state index is 0.0419. The lowest BCUT2D eigenvalue weighted by molar-refractivity contribution is -0.155. The highest BCUT2D eigenvalue weighted by atomic mass is 32.2. The summed E-state index contributed by atoms with van der Waals surface area (Å²) in [6.45, 7) is 2.73. The van der Waals surface area contributed by atoms with Gasteiger partial charge in [-0.15, -0.1) is 11.3 Å². The number of amides is 1. The van der Waals surface area contributed by atoms with Crippen LogP contribution in [0, 0.1) is 0 Å². The number of likely N-dealkylation sites (tertiary alicyclic amines) is 1. The van der Waals surface area contributed by atoms with Crippen LogP contribution in [-0.2, 0) is 14.3 Å². The molecule has 0 saturated carbocycles. The van der Waals surface area contributed by atoms with Crippen molar-refractivity contribution in [3.63, 3.8) is 0 Å². The minimum Gasteiger partial charge on any atom is -0.464 e. The Balaban J connectivity index is 1.67. The molecule has 2 aromatic heterocycles. The second-order valence-corrected chi connectivity index (χ2v) is 7.32. The first-order valence-electron chi connectivity index (χ1n) is 7.97. The quantitative estimate of drug-likeness (QED) is 0.461. The number of hydrogen-bond acceptors (Lipinski definition) is 7. The molecule has 6 nitrogen and oxygen atoms in total. The molecule has 0 N–H and O–H groups in total. The van der Waals surface area contributed by atoms with Crippen LogP contribution in [0.25, 0.3) is 10.2 Å². The molecule has 1 atom stereocenters. The van der Waals surface area contributed by atoms with Gasteiger partial charge in [0.05, 0.1) is 12.4 Å². The average Bonchev–Trinajstić information content (AvgIpc) is 3.09. The van der Waals surface area contributed by atoms with E-state index >= 15 is 0 Å². The van der Waals surface area contributed by atoms with Crippen LogP contribution in [0.4, 0.5) is 0 Å². The number of esters is 1. The first kappa shape index (κ1) is 17.2. The Labute approximate surface area is 148 Å². The maximum absolute atomic E-state index is 12.6. The molecular weight excluding hydrogens is 346 g/mol. The van der Waals surface area contributed by atoms with E-state index in [0.29, 0.717) is 19.6 Å². The van der Waals surface area contributed by atoms with E-state index < -0.39 is 6.04 Å². The molecule has 0 aromatic carbocycles. The number of thioether (sulfide) groups is 1. The molecule has 0 radical (unpaired) electrons. The number of carbonyl (C=O) groups is 2. The Kier molecular flexibility index (Phi) is 5.68. The fourth-order valence-corrected chi connectivity index (χ4v) is 4.47. The van der Waals surface area contributed by atoms with Crippen LogP contribution in [0.15, 0.2) is 22.8 Å². The van der Waals surface area contributed by atoms with E-state index in [2.05, 4.69) is 9.97 Å². The van der Waals surface area contributed by atoms with E-state index in [1.807, 2.05) is 11.4 Å². The molecule has 1 amide bonds. The third-order valence-corrected chi connectivity index (χ3v) is 5.75. The molecule has 1 fully saturated rings. The molecule has 2 aromatic rings. The van der Waals surface area contributed by atoms with Gasteiger partial charge in [0.1, 0.15) is 22.2 Å². The predicted octanol–water partition coefficient (Wildman–Crippen LogP) is 2.73. The van der Waals surface area contributed by atoms with E-state index in [4.69, 9.17) is 4.74 Å². The van der Waals surface area contributed by atoms with Gasteiger partial charge in [-0.25, -0.2) is 14.8 Å². The Morgan fingerprint density at radius 2 is 2.29 bits per heavy atom. The van der Waals surface area contributed by atoms with E-state index in [1.54, 1.807) is 23.2 Å². The molecule has 0 unspecified atom stereocenters. The smallest absolute Gasteiger partial charge is 0.328 e. The topological polar surface area (TPSA) is 72.4 Å². The Hall–Kier alpha value is -1.67. The molecule has 128 valence electrons. The zero-order chi connectivity index (χ0) is 16.9. The van der Waals surface area contributed by atoms with Gasteiger partial charge in [-0.2, -0.15) is 0 Å². The first-order valence-corrected chi connectivity index (χ1v) is 9.84. The van der Waals surface area contributed by atoms with E-state index in [-0.39, 0.29) is 17.6 Å². The van der Waals surface area contributed by atoms with Gasteiger partial charge in [-0.05, 0) is 37.6 Å². The van der Waals surface area contributed by atoms with Crippen LogP contribution in [0.3, 0.4) is 0 Å². The lowest BCUT2D eigenvalue weighted by Gasteiger charge is -2.33. The highest BCUT2D eigenvalue weighted by Gasteiger charge is 2.33. The van der Waals surface area contributed by atoms with Crippen molar-refractivity contribution in [3.05, 3.63) is 17.8 Å². The third kappa shape index (κ3) is 3.70. The number of rotatable bonds is 5. The van der Waals surface area contributed by atoms with Gasteiger partial charge in [0, 0.05) is 11.9 Å². The minimum atomic E-state index is -0.446. The molecule has 1 aliphatic rings.